The van der Waals surface area contributed by atoms with Gasteiger partial charge in [-0.2, -0.15) is 35.1 Å². The van der Waals surface area contributed by atoms with Gasteiger partial charge in [0, 0.05) is 6.61 Å². The molecule has 2 rings (SSSR count). The van der Waals surface area contributed by atoms with Gasteiger partial charge in [0.2, 0.25) is 6.23 Å². The van der Waals surface area contributed by atoms with E-state index in [1.165, 1.54) is 12.2 Å². The first-order chi connectivity index (χ1) is 16.0. The standard InChI is InChI=1S/C9H9Cl2F3N2O2S.C6H3Cl2F3N2O2S/c1-2-18-4(3-9(12,13)14)15-8(17)6-5(10)7(11)16-19-6;7-1-2(16-13-3(1)8)4(14)12-5(15)6(9,10)11/h4H,2-3H2,1H3,(H,15,17);5,15H,(H,12,14). The molecule has 2 amide bonds. The summed E-state index contributed by atoms with van der Waals surface area (Å²) in [5.41, 5.74) is 0. The van der Waals surface area contributed by atoms with E-state index in [-0.39, 0.29) is 36.7 Å². The number of aliphatic hydroxyl groups excluding tert-OH is 1. The molecule has 0 radical (unpaired) electrons. The topological polar surface area (TPSA) is 113 Å². The highest BCUT2D eigenvalue weighted by Crippen LogP contribution is 2.30. The number of ether oxygens (including phenoxy) is 1. The molecule has 35 heavy (non-hydrogen) atoms. The number of hydrogen-bond acceptors (Lipinski definition) is 8. The molecule has 198 valence electrons. The third kappa shape index (κ3) is 10.4. The molecule has 0 saturated carbocycles. The summed E-state index contributed by atoms with van der Waals surface area (Å²) in [7, 11) is 0. The Morgan fingerprint density at radius 1 is 0.943 bits per heavy atom. The molecule has 2 heterocycles. The van der Waals surface area contributed by atoms with Crippen molar-refractivity contribution in [1.29, 1.82) is 0 Å². The molecule has 0 spiro atoms. The van der Waals surface area contributed by atoms with Crippen LogP contribution in [0.4, 0.5) is 26.3 Å². The lowest BCUT2D eigenvalue weighted by atomic mass is 10.3. The zero-order valence-corrected chi connectivity index (χ0v) is 21.4. The minimum atomic E-state index is -4.95. The summed E-state index contributed by atoms with van der Waals surface area (Å²) in [5.74, 6) is -2.00. The normalized spacial score (nSPS) is 13.5. The zero-order chi connectivity index (χ0) is 27.1. The maximum atomic E-state index is 12.3. The van der Waals surface area contributed by atoms with Gasteiger partial charge in [0.05, 0.1) is 6.42 Å². The Morgan fingerprint density at radius 2 is 1.37 bits per heavy atom. The number of rotatable bonds is 7. The Labute approximate surface area is 220 Å². The number of carbonyl (C=O) groups excluding carboxylic acids is 2. The van der Waals surface area contributed by atoms with Gasteiger partial charge in [-0.25, -0.2) is 0 Å². The number of nitrogens with one attached hydrogen (secondary N) is 2. The monoisotopic (exact) mass is 630 g/mol. The number of aromatic nitrogens is 2. The quantitative estimate of drug-likeness (QED) is 0.273. The maximum absolute atomic E-state index is 12.3. The summed E-state index contributed by atoms with van der Waals surface area (Å²) in [5, 5.41) is 11.4. The first-order valence-electron chi connectivity index (χ1n) is 8.64. The highest BCUT2D eigenvalue weighted by Gasteiger charge is 2.40. The van der Waals surface area contributed by atoms with Gasteiger partial charge in [0.1, 0.15) is 26.0 Å². The van der Waals surface area contributed by atoms with E-state index in [0.29, 0.717) is 23.1 Å². The number of hydrogen-bond donors (Lipinski definition) is 3. The summed E-state index contributed by atoms with van der Waals surface area (Å²) in [6.45, 7) is 1.55. The van der Waals surface area contributed by atoms with Crippen molar-refractivity contribution in [2.75, 3.05) is 6.61 Å². The van der Waals surface area contributed by atoms with Gasteiger partial charge < -0.3 is 20.5 Å². The fraction of sp³-hybridized carbons (Fsp3) is 0.467. The van der Waals surface area contributed by atoms with E-state index < -0.39 is 43.0 Å². The SMILES string of the molecule is CCOC(CC(F)(F)F)NC(=O)c1snc(Cl)c1Cl.O=C(NC(O)C(F)(F)F)c1snc(Cl)c1Cl. The van der Waals surface area contributed by atoms with Gasteiger partial charge >= 0.3 is 12.4 Å². The molecular formula is C15H12Cl4F6N4O4S2. The predicted molar refractivity (Wildman–Crippen MR) is 117 cm³/mol. The Hall–Kier alpha value is -1.14. The van der Waals surface area contributed by atoms with Crippen LogP contribution >= 0.6 is 69.5 Å². The van der Waals surface area contributed by atoms with Crippen LogP contribution in [0.2, 0.25) is 20.4 Å². The average molecular weight is 632 g/mol. The summed E-state index contributed by atoms with van der Waals surface area (Å²) in [6, 6.07) is 0. The van der Waals surface area contributed by atoms with Crippen LogP contribution < -0.4 is 10.6 Å². The van der Waals surface area contributed by atoms with Crippen LogP contribution in [0.5, 0.6) is 0 Å². The maximum Gasteiger partial charge on any atom is 0.433 e. The number of amides is 2. The van der Waals surface area contributed by atoms with Gasteiger partial charge in [0.25, 0.3) is 11.8 Å². The molecule has 0 fully saturated rings. The molecule has 0 aliphatic rings. The molecule has 0 aliphatic heterocycles. The molecule has 2 unspecified atom stereocenters. The first kappa shape index (κ1) is 31.9. The molecule has 2 aromatic rings. The number of alkyl halides is 6. The van der Waals surface area contributed by atoms with Gasteiger partial charge in [-0.3, -0.25) is 9.59 Å². The molecule has 0 saturated heterocycles. The van der Waals surface area contributed by atoms with E-state index in [1.807, 2.05) is 0 Å². The molecule has 3 N–H and O–H groups in total. The fourth-order valence-corrected chi connectivity index (χ4v) is 4.08. The van der Waals surface area contributed by atoms with Crippen LogP contribution in [0.1, 0.15) is 32.7 Å². The number of nitrogens with zero attached hydrogens (tertiary/aromatic N) is 2. The summed E-state index contributed by atoms with van der Waals surface area (Å²) in [4.78, 5) is 22.6. The lowest BCUT2D eigenvalue weighted by molar-refractivity contribution is -0.209. The van der Waals surface area contributed by atoms with Crippen molar-refractivity contribution in [2.45, 2.75) is 38.2 Å². The summed E-state index contributed by atoms with van der Waals surface area (Å²) >= 11 is 23.4. The molecule has 2 atom stereocenters. The zero-order valence-electron chi connectivity index (χ0n) is 16.7. The Kier molecular flexibility index (Phi) is 12.2. The first-order valence-corrected chi connectivity index (χ1v) is 11.7. The third-order valence-electron chi connectivity index (χ3n) is 3.26. The molecule has 8 nitrogen and oxygen atoms in total. The van der Waals surface area contributed by atoms with Crippen LogP contribution in [0.15, 0.2) is 0 Å². The van der Waals surface area contributed by atoms with Gasteiger partial charge in [-0.1, -0.05) is 46.4 Å². The van der Waals surface area contributed by atoms with Crippen molar-refractivity contribution < 1.29 is 45.8 Å². The average Bonchev–Trinajstić information content (AvgIpc) is 3.22. The van der Waals surface area contributed by atoms with Crippen LogP contribution in [-0.2, 0) is 4.74 Å². The molecule has 0 aromatic carbocycles. The van der Waals surface area contributed by atoms with Crippen molar-refractivity contribution in [2.24, 2.45) is 0 Å². The van der Waals surface area contributed by atoms with Crippen molar-refractivity contribution in [1.82, 2.24) is 19.4 Å². The van der Waals surface area contributed by atoms with Crippen LogP contribution in [0, 0.1) is 0 Å². The number of halogens is 10. The summed E-state index contributed by atoms with van der Waals surface area (Å²) < 4.78 is 84.4. The van der Waals surface area contributed by atoms with Gasteiger partial charge in [-0.15, -0.1) is 0 Å². The van der Waals surface area contributed by atoms with Crippen molar-refractivity contribution in [3.05, 3.63) is 30.1 Å². The third-order valence-corrected chi connectivity index (χ3v) is 6.86. The van der Waals surface area contributed by atoms with E-state index in [9.17, 15) is 35.9 Å². The van der Waals surface area contributed by atoms with E-state index in [0.717, 1.165) is 0 Å². The second-order valence-electron chi connectivity index (χ2n) is 5.89. The highest BCUT2D eigenvalue weighted by molar-refractivity contribution is 7.09. The van der Waals surface area contributed by atoms with Gasteiger partial charge in [-0.05, 0) is 30.0 Å². The number of aliphatic hydroxyl groups is 1. The van der Waals surface area contributed by atoms with E-state index in [2.05, 4.69) is 14.1 Å². The Balaban J connectivity index is 0.000000355. The van der Waals surface area contributed by atoms with Crippen molar-refractivity contribution in [3.63, 3.8) is 0 Å². The smallest absolute Gasteiger partial charge is 0.366 e. The van der Waals surface area contributed by atoms with E-state index in [4.69, 9.17) is 56.2 Å². The largest absolute Gasteiger partial charge is 0.433 e. The molecule has 20 heteroatoms. The fourth-order valence-electron chi connectivity index (χ4n) is 1.85. The summed E-state index contributed by atoms with van der Waals surface area (Å²) in [6.07, 6.45) is -15.1. The van der Waals surface area contributed by atoms with Crippen LogP contribution in [-0.4, -0.2) is 57.1 Å². The molecule has 0 aliphatic carbocycles. The minimum absolute atomic E-state index is 0.0260. The highest BCUT2D eigenvalue weighted by atomic mass is 35.5. The van der Waals surface area contributed by atoms with E-state index in [1.54, 1.807) is 0 Å². The van der Waals surface area contributed by atoms with Crippen molar-refractivity contribution >= 4 is 81.3 Å². The second kappa shape index (κ2) is 13.4. The molecule has 0 bridgehead atoms. The van der Waals surface area contributed by atoms with Crippen LogP contribution in [0.25, 0.3) is 0 Å². The molecular weight excluding hydrogens is 620 g/mol. The lowest BCUT2D eigenvalue weighted by Gasteiger charge is -2.19. The van der Waals surface area contributed by atoms with Crippen LogP contribution in [0.3, 0.4) is 0 Å². The Bertz CT molecular complexity index is 1020. The van der Waals surface area contributed by atoms with Gasteiger partial charge in [0.15, 0.2) is 10.3 Å². The predicted octanol–water partition coefficient (Wildman–Crippen LogP) is 5.56. The Morgan fingerprint density at radius 3 is 1.69 bits per heavy atom. The van der Waals surface area contributed by atoms with E-state index >= 15 is 0 Å². The molecule has 2 aromatic heterocycles. The second-order valence-corrected chi connectivity index (χ2v) is 8.91. The lowest BCUT2D eigenvalue weighted by Crippen LogP contribution is -2.45. The number of carbonyl (C=O) groups is 2. The minimum Gasteiger partial charge on any atom is -0.366 e. The van der Waals surface area contributed by atoms with Crippen molar-refractivity contribution in [3.8, 4) is 0 Å².